The average molecular weight is 274 g/mol. The molecule has 0 heterocycles. The number of benzene rings is 1. The van der Waals surface area contributed by atoms with Crippen LogP contribution in [-0.2, 0) is 11.2 Å². The number of Topliss-reactive ketones (excluding diaryl/α,β-unsaturated/α-hetero) is 1. The Balaban J connectivity index is 2.83. The van der Waals surface area contributed by atoms with E-state index in [1.807, 2.05) is 24.5 Å². The van der Waals surface area contributed by atoms with Crippen molar-refractivity contribution in [3.8, 4) is 0 Å². The van der Waals surface area contributed by atoms with E-state index in [1.54, 1.807) is 11.8 Å². The summed E-state index contributed by atoms with van der Waals surface area (Å²) >= 11 is 4.77. The maximum Gasteiger partial charge on any atom is 0.147 e. The van der Waals surface area contributed by atoms with Crippen molar-refractivity contribution in [2.24, 2.45) is 0 Å². The highest BCUT2D eigenvalue weighted by atomic mass is 79.9. The van der Waals surface area contributed by atoms with Gasteiger partial charge >= 0.3 is 0 Å². The van der Waals surface area contributed by atoms with E-state index in [2.05, 4.69) is 15.9 Å². The van der Waals surface area contributed by atoms with E-state index in [1.165, 1.54) is 0 Å². The molecule has 0 aliphatic carbocycles. The zero-order valence-corrected chi connectivity index (χ0v) is 10.3. The smallest absolute Gasteiger partial charge is 0.147 e. The molecule has 2 nitrogen and oxygen atoms in total. The topological polar surface area (TPSA) is 43.1 Å². The molecule has 2 N–H and O–H groups in total. The first-order chi connectivity index (χ1) is 6.67. The Morgan fingerprint density at radius 1 is 1.57 bits per heavy atom. The zero-order valence-electron chi connectivity index (χ0n) is 7.92. The van der Waals surface area contributed by atoms with Gasteiger partial charge in [0.05, 0.1) is 5.33 Å². The maximum atomic E-state index is 11.2. The highest BCUT2D eigenvalue weighted by Crippen LogP contribution is 2.21. The lowest BCUT2D eigenvalue weighted by Crippen LogP contribution is -2.05. The zero-order chi connectivity index (χ0) is 10.6. The Labute approximate surface area is 96.4 Å². The number of hydrogen-bond acceptors (Lipinski definition) is 3. The van der Waals surface area contributed by atoms with Gasteiger partial charge in [-0.05, 0) is 24.0 Å². The van der Waals surface area contributed by atoms with Gasteiger partial charge in [-0.3, -0.25) is 4.79 Å². The quantitative estimate of drug-likeness (QED) is 0.521. The van der Waals surface area contributed by atoms with E-state index in [9.17, 15) is 4.79 Å². The molecule has 1 aromatic rings. The summed E-state index contributed by atoms with van der Waals surface area (Å²) in [5.41, 5.74) is 7.43. The lowest BCUT2D eigenvalue weighted by atomic mass is 10.1. The second kappa shape index (κ2) is 5.41. The molecule has 0 radical (unpaired) electrons. The number of rotatable bonds is 4. The molecule has 76 valence electrons. The number of ketones is 1. The van der Waals surface area contributed by atoms with Gasteiger partial charge in [0.1, 0.15) is 5.78 Å². The van der Waals surface area contributed by atoms with Gasteiger partial charge in [0.25, 0.3) is 0 Å². The van der Waals surface area contributed by atoms with Crippen LogP contribution in [0.1, 0.15) is 5.56 Å². The predicted octanol–water partition coefficient (Wildman–Crippen LogP) is 2.50. The standard InChI is InChI=1S/C10H12BrNOS/c1-14-9-3-2-7(10(12)5-9)4-8(13)6-11/h2-3,5H,4,6,12H2,1H3. The lowest BCUT2D eigenvalue weighted by Gasteiger charge is -2.05. The third-order valence-corrected chi connectivity index (χ3v) is 3.24. The van der Waals surface area contributed by atoms with Gasteiger partial charge in [0.15, 0.2) is 0 Å². The number of nitrogen functional groups attached to an aromatic ring is 1. The van der Waals surface area contributed by atoms with Crippen molar-refractivity contribution in [1.82, 2.24) is 0 Å². The fourth-order valence-corrected chi connectivity index (χ4v) is 1.77. The third kappa shape index (κ3) is 3.03. The summed E-state index contributed by atoms with van der Waals surface area (Å²) < 4.78 is 0. The van der Waals surface area contributed by atoms with Crippen LogP contribution < -0.4 is 5.73 Å². The summed E-state index contributed by atoms with van der Waals surface area (Å²) in [6.45, 7) is 0. The molecular weight excluding hydrogens is 262 g/mol. The van der Waals surface area contributed by atoms with Gasteiger partial charge in [0.2, 0.25) is 0 Å². The first-order valence-corrected chi connectivity index (χ1v) is 6.52. The Hall–Kier alpha value is -0.480. The first-order valence-electron chi connectivity index (χ1n) is 4.17. The average Bonchev–Trinajstić information content (AvgIpc) is 2.20. The van der Waals surface area contributed by atoms with Gasteiger partial charge < -0.3 is 5.73 Å². The van der Waals surface area contributed by atoms with Crippen LogP contribution in [0.5, 0.6) is 0 Å². The van der Waals surface area contributed by atoms with Crippen LogP contribution in [0.4, 0.5) is 5.69 Å². The minimum absolute atomic E-state index is 0.147. The van der Waals surface area contributed by atoms with E-state index in [-0.39, 0.29) is 5.78 Å². The molecule has 0 aliphatic rings. The fourth-order valence-electron chi connectivity index (χ4n) is 1.12. The van der Waals surface area contributed by atoms with Crippen molar-refractivity contribution in [3.63, 3.8) is 0 Å². The summed E-state index contributed by atoms with van der Waals surface area (Å²) in [7, 11) is 0. The molecule has 0 bridgehead atoms. The van der Waals surface area contributed by atoms with Crippen LogP contribution in [0.15, 0.2) is 23.1 Å². The molecular formula is C10H12BrNOS. The van der Waals surface area contributed by atoms with Gasteiger partial charge in [0, 0.05) is 17.0 Å². The summed E-state index contributed by atoms with van der Waals surface area (Å²) in [6, 6.07) is 5.81. The Bertz CT molecular complexity index is 341. The number of carbonyl (C=O) groups excluding carboxylic acids is 1. The number of alkyl halides is 1. The van der Waals surface area contributed by atoms with Gasteiger partial charge in [-0.15, -0.1) is 11.8 Å². The fraction of sp³-hybridized carbons (Fsp3) is 0.300. The second-order valence-corrected chi connectivity index (χ2v) is 4.35. The van der Waals surface area contributed by atoms with E-state index in [4.69, 9.17) is 5.73 Å². The summed E-state index contributed by atoms with van der Waals surface area (Å²) in [4.78, 5) is 12.3. The molecule has 0 saturated heterocycles. The molecule has 0 saturated carbocycles. The Morgan fingerprint density at radius 2 is 2.29 bits per heavy atom. The molecule has 4 heteroatoms. The van der Waals surface area contributed by atoms with Crippen molar-refractivity contribution < 1.29 is 4.79 Å². The van der Waals surface area contributed by atoms with Crippen molar-refractivity contribution >= 4 is 39.2 Å². The van der Waals surface area contributed by atoms with E-state index < -0.39 is 0 Å². The molecule has 0 aliphatic heterocycles. The van der Waals surface area contributed by atoms with Crippen molar-refractivity contribution in [2.45, 2.75) is 11.3 Å². The molecule has 0 atom stereocenters. The number of anilines is 1. The highest BCUT2D eigenvalue weighted by Gasteiger charge is 2.05. The number of carbonyl (C=O) groups is 1. The van der Waals surface area contributed by atoms with E-state index in [0.29, 0.717) is 17.4 Å². The molecule has 0 fully saturated rings. The SMILES string of the molecule is CSc1ccc(CC(=O)CBr)c(N)c1. The molecule has 0 spiro atoms. The summed E-state index contributed by atoms with van der Waals surface area (Å²) in [5, 5.41) is 0.386. The molecule has 1 aromatic carbocycles. The first kappa shape index (κ1) is 11.6. The summed E-state index contributed by atoms with van der Waals surface area (Å²) in [6.07, 6.45) is 2.41. The highest BCUT2D eigenvalue weighted by molar-refractivity contribution is 9.09. The van der Waals surface area contributed by atoms with E-state index >= 15 is 0 Å². The lowest BCUT2D eigenvalue weighted by molar-refractivity contribution is -0.115. The second-order valence-electron chi connectivity index (χ2n) is 2.91. The number of nitrogens with two attached hydrogens (primary N) is 1. The molecule has 0 aromatic heterocycles. The molecule has 1 rings (SSSR count). The van der Waals surface area contributed by atoms with Crippen molar-refractivity contribution in [2.75, 3.05) is 17.3 Å². The largest absolute Gasteiger partial charge is 0.398 e. The van der Waals surface area contributed by atoms with Crippen LogP contribution in [-0.4, -0.2) is 17.4 Å². The van der Waals surface area contributed by atoms with Crippen molar-refractivity contribution in [3.05, 3.63) is 23.8 Å². The minimum atomic E-state index is 0.147. The van der Waals surface area contributed by atoms with E-state index in [0.717, 1.165) is 10.5 Å². The molecule has 0 amide bonds. The number of halogens is 1. The van der Waals surface area contributed by atoms with Gasteiger partial charge in [-0.2, -0.15) is 0 Å². The van der Waals surface area contributed by atoms with Crippen LogP contribution in [0.2, 0.25) is 0 Å². The van der Waals surface area contributed by atoms with Crippen LogP contribution >= 0.6 is 27.7 Å². The van der Waals surface area contributed by atoms with Crippen LogP contribution in [0.25, 0.3) is 0 Å². The minimum Gasteiger partial charge on any atom is -0.398 e. The molecule has 0 unspecified atom stereocenters. The molecule has 14 heavy (non-hydrogen) atoms. The van der Waals surface area contributed by atoms with Gasteiger partial charge in [-0.1, -0.05) is 22.0 Å². The van der Waals surface area contributed by atoms with Crippen LogP contribution in [0.3, 0.4) is 0 Å². The number of hydrogen-bond donors (Lipinski definition) is 1. The predicted molar refractivity (Wildman–Crippen MR) is 65.1 cm³/mol. The Kier molecular flexibility index (Phi) is 4.48. The maximum absolute atomic E-state index is 11.2. The van der Waals surface area contributed by atoms with Crippen molar-refractivity contribution in [1.29, 1.82) is 0 Å². The van der Waals surface area contributed by atoms with Crippen LogP contribution in [0, 0.1) is 0 Å². The third-order valence-electron chi connectivity index (χ3n) is 1.89. The number of thioether (sulfide) groups is 1. The summed E-state index contributed by atoms with van der Waals surface area (Å²) in [5.74, 6) is 0.147. The van der Waals surface area contributed by atoms with Gasteiger partial charge in [-0.25, -0.2) is 0 Å². The normalized spacial score (nSPS) is 10.1. The monoisotopic (exact) mass is 273 g/mol. The Morgan fingerprint density at radius 3 is 2.79 bits per heavy atom.